The summed E-state index contributed by atoms with van der Waals surface area (Å²) in [6, 6.07) is 0. The molecular formula is C5H17O3PSi. The van der Waals surface area contributed by atoms with Gasteiger partial charge >= 0.3 is 8.60 Å². The maximum Gasteiger partial charge on any atom is 0.329 e. The monoisotopic (exact) mass is 184 g/mol. The van der Waals surface area contributed by atoms with Gasteiger partial charge in [-0.05, 0) is 0 Å². The molecule has 0 aromatic rings. The van der Waals surface area contributed by atoms with Crippen LogP contribution in [-0.4, -0.2) is 27.9 Å². The van der Waals surface area contributed by atoms with Crippen molar-refractivity contribution in [3.63, 3.8) is 0 Å². The lowest BCUT2D eigenvalue weighted by molar-refractivity contribution is 0.271. The summed E-state index contributed by atoms with van der Waals surface area (Å²) in [5.41, 5.74) is 0. The fourth-order valence-electron chi connectivity index (χ4n) is 0.0745. The van der Waals surface area contributed by atoms with Crippen LogP contribution in [0.25, 0.3) is 0 Å². The van der Waals surface area contributed by atoms with Crippen molar-refractivity contribution in [1.82, 2.24) is 0 Å². The molecule has 0 spiro atoms. The van der Waals surface area contributed by atoms with Gasteiger partial charge in [0.1, 0.15) is 0 Å². The van der Waals surface area contributed by atoms with Crippen LogP contribution in [0.3, 0.4) is 0 Å². The van der Waals surface area contributed by atoms with Crippen LogP contribution in [0.2, 0.25) is 19.6 Å². The SMILES string of the molecule is COP(O)OC.C[SiH](C)C. The Bertz CT molecular complexity index is 56.1. The van der Waals surface area contributed by atoms with E-state index in [0.717, 1.165) is 0 Å². The number of hydrogen-bond acceptors (Lipinski definition) is 3. The van der Waals surface area contributed by atoms with Gasteiger partial charge in [0.2, 0.25) is 0 Å². The molecule has 0 atom stereocenters. The fraction of sp³-hybridized carbons (Fsp3) is 1.00. The fourth-order valence-corrected chi connectivity index (χ4v) is 0.224. The minimum atomic E-state index is -1.58. The molecule has 0 amide bonds. The van der Waals surface area contributed by atoms with Crippen LogP contribution in [0.5, 0.6) is 0 Å². The third kappa shape index (κ3) is 23.6. The predicted octanol–water partition coefficient (Wildman–Crippen LogP) is 1.60. The molecule has 5 heteroatoms. The summed E-state index contributed by atoms with van der Waals surface area (Å²) < 4.78 is 8.59. The summed E-state index contributed by atoms with van der Waals surface area (Å²) in [7, 11) is 1.05. The molecule has 1 N–H and O–H groups in total. The van der Waals surface area contributed by atoms with Crippen LogP contribution in [0.15, 0.2) is 0 Å². The Morgan fingerprint density at radius 2 is 1.30 bits per heavy atom. The molecule has 0 aromatic heterocycles. The molecule has 0 aromatic carbocycles. The van der Waals surface area contributed by atoms with Gasteiger partial charge < -0.3 is 13.9 Å². The zero-order valence-electron chi connectivity index (χ0n) is 7.29. The van der Waals surface area contributed by atoms with E-state index in [0.29, 0.717) is 0 Å². The van der Waals surface area contributed by atoms with E-state index in [-0.39, 0.29) is 8.80 Å². The topological polar surface area (TPSA) is 38.7 Å². The van der Waals surface area contributed by atoms with Crippen LogP contribution < -0.4 is 0 Å². The molecule has 0 aliphatic heterocycles. The Hall–Kier alpha value is 0.527. The van der Waals surface area contributed by atoms with Crippen molar-refractivity contribution in [2.24, 2.45) is 0 Å². The van der Waals surface area contributed by atoms with E-state index in [1.54, 1.807) is 0 Å². The van der Waals surface area contributed by atoms with Crippen molar-refractivity contribution in [3.05, 3.63) is 0 Å². The van der Waals surface area contributed by atoms with Gasteiger partial charge in [-0.25, -0.2) is 0 Å². The van der Waals surface area contributed by atoms with Crippen molar-refractivity contribution in [3.8, 4) is 0 Å². The van der Waals surface area contributed by atoms with E-state index >= 15 is 0 Å². The second kappa shape index (κ2) is 9.53. The largest absolute Gasteiger partial charge is 0.329 e. The summed E-state index contributed by atoms with van der Waals surface area (Å²) in [6.45, 7) is 6.92. The highest BCUT2D eigenvalue weighted by Crippen LogP contribution is 2.28. The first kappa shape index (κ1) is 13.1. The second-order valence-corrected chi connectivity index (χ2v) is 7.01. The molecule has 0 fully saturated rings. The molecule has 0 heterocycles. The first-order valence-electron chi connectivity index (χ1n) is 3.11. The molecule has 0 radical (unpaired) electrons. The van der Waals surface area contributed by atoms with Gasteiger partial charge in [0, 0.05) is 23.0 Å². The van der Waals surface area contributed by atoms with Gasteiger partial charge in [0.25, 0.3) is 0 Å². The summed E-state index contributed by atoms with van der Waals surface area (Å²) >= 11 is 0. The maximum atomic E-state index is 8.29. The third-order valence-electron chi connectivity index (χ3n) is 0.312. The number of hydrogen-bond donors (Lipinski definition) is 1. The highest BCUT2D eigenvalue weighted by atomic mass is 31.2. The highest BCUT2D eigenvalue weighted by Gasteiger charge is 1.94. The molecular weight excluding hydrogens is 167 g/mol. The van der Waals surface area contributed by atoms with Crippen molar-refractivity contribution >= 4 is 17.4 Å². The Morgan fingerprint density at radius 1 is 1.10 bits per heavy atom. The van der Waals surface area contributed by atoms with Crippen molar-refractivity contribution in [2.75, 3.05) is 14.2 Å². The van der Waals surface area contributed by atoms with E-state index in [9.17, 15) is 0 Å². The van der Waals surface area contributed by atoms with E-state index in [2.05, 4.69) is 28.7 Å². The Balaban J connectivity index is 0. The predicted molar refractivity (Wildman–Crippen MR) is 47.9 cm³/mol. The molecule has 0 aliphatic rings. The molecule has 3 nitrogen and oxygen atoms in total. The van der Waals surface area contributed by atoms with Crippen LogP contribution in [0.4, 0.5) is 0 Å². The first-order chi connectivity index (χ1) is 4.54. The van der Waals surface area contributed by atoms with Crippen LogP contribution in [-0.2, 0) is 9.05 Å². The van der Waals surface area contributed by atoms with Crippen molar-refractivity contribution in [1.29, 1.82) is 0 Å². The van der Waals surface area contributed by atoms with Gasteiger partial charge in [-0.2, -0.15) is 0 Å². The van der Waals surface area contributed by atoms with Crippen LogP contribution >= 0.6 is 8.60 Å². The van der Waals surface area contributed by atoms with Gasteiger partial charge in [0.05, 0.1) is 0 Å². The Labute approximate surface area is 66.0 Å². The molecule has 0 saturated carbocycles. The van der Waals surface area contributed by atoms with E-state index in [4.69, 9.17) is 4.89 Å². The minimum Gasteiger partial charge on any atom is -0.328 e. The molecule has 0 bridgehead atoms. The van der Waals surface area contributed by atoms with Crippen LogP contribution in [0, 0.1) is 0 Å². The molecule has 0 unspecified atom stereocenters. The van der Waals surface area contributed by atoms with Crippen LogP contribution in [0.1, 0.15) is 0 Å². The average Bonchev–Trinajstić information content (AvgIpc) is 1.85. The Kier molecular flexibility index (Phi) is 12.5. The van der Waals surface area contributed by atoms with E-state index in [1.807, 2.05) is 0 Å². The van der Waals surface area contributed by atoms with E-state index in [1.165, 1.54) is 14.2 Å². The minimum absolute atomic E-state index is 0.139. The second-order valence-electron chi connectivity index (χ2n) is 2.34. The molecule has 0 saturated heterocycles. The van der Waals surface area contributed by atoms with Gasteiger partial charge in [-0.1, -0.05) is 19.6 Å². The van der Waals surface area contributed by atoms with Gasteiger partial charge in [-0.3, -0.25) is 0 Å². The Morgan fingerprint density at radius 3 is 1.30 bits per heavy atom. The zero-order valence-corrected chi connectivity index (χ0v) is 9.34. The lowest BCUT2D eigenvalue weighted by Gasteiger charge is -1.98. The quantitative estimate of drug-likeness (QED) is 0.523. The standard InChI is InChI=1S/C3H10Si.C2H7O3P/c1-4(2)3;1-4-6(3)5-2/h4H,1-3H3;3H,1-2H3. The lowest BCUT2D eigenvalue weighted by atomic mass is 11.8. The number of rotatable bonds is 2. The summed E-state index contributed by atoms with van der Waals surface area (Å²) in [5, 5.41) is 0. The normalized spacial score (nSPS) is 9.60. The zero-order chi connectivity index (χ0) is 8.57. The lowest BCUT2D eigenvalue weighted by Crippen LogP contribution is -1.84. The summed E-state index contributed by atoms with van der Waals surface area (Å²) in [5.74, 6) is 0. The summed E-state index contributed by atoms with van der Waals surface area (Å²) in [4.78, 5) is 8.29. The van der Waals surface area contributed by atoms with Gasteiger partial charge in [0.15, 0.2) is 0 Å². The smallest absolute Gasteiger partial charge is 0.328 e. The first-order valence-corrected chi connectivity index (χ1v) is 7.71. The average molecular weight is 184 g/mol. The van der Waals surface area contributed by atoms with Crippen molar-refractivity contribution < 1.29 is 13.9 Å². The highest BCUT2D eigenvalue weighted by molar-refractivity contribution is 7.40. The molecule has 0 rings (SSSR count). The maximum absolute atomic E-state index is 8.29. The van der Waals surface area contributed by atoms with E-state index < -0.39 is 8.60 Å². The van der Waals surface area contributed by atoms with Crippen molar-refractivity contribution in [2.45, 2.75) is 19.6 Å². The molecule has 10 heavy (non-hydrogen) atoms. The van der Waals surface area contributed by atoms with Gasteiger partial charge in [-0.15, -0.1) is 0 Å². The molecule has 64 valence electrons. The molecule has 0 aliphatic carbocycles. The summed E-state index contributed by atoms with van der Waals surface area (Å²) in [6.07, 6.45) is 0. The third-order valence-corrected chi connectivity index (χ3v) is 0.937.